The van der Waals surface area contributed by atoms with Crippen LogP contribution in [0.15, 0.2) is 23.7 Å². The molecule has 5 nitrogen and oxygen atoms in total. The summed E-state index contributed by atoms with van der Waals surface area (Å²) in [5.41, 5.74) is 2.76. The van der Waals surface area contributed by atoms with Gasteiger partial charge in [0.05, 0.1) is 23.7 Å². The first-order valence-corrected chi connectivity index (χ1v) is 7.03. The molecule has 20 heavy (non-hydrogen) atoms. The molecule has 0 fully saturated rings. The number of hydrogen-bond donors (Lipinski definition) is 1. The lowest BCUT2D eigenvalue weighted by atomic mass is 10.1. The highest BCUT2D eigenvalue weighted by Crippen LogP contribution is 2.22. The minimum Gasteiger partial charge on any atom is -0.478 e. The lowest BCUT2D eigenvalue weighted by Gasteiger charge is -2.04. The Labute approximate surface area is 119 Å². The summed E-state index contributed by atoms with van der Waals surface area (Å²) < 4.78 is 1.76. The van der Waals surface area contributed by atoms with E-state index in [2.05, 4.69) is 23.1 Å². The number of carboxylic acids is 1. The van der Waals surface area contributed by atoms with Crippen molar-refractivity contribution in [3.8, 4) is 0 Å². The van der Waals surface area contributed by atoms with Gasteiger partial charge in [-0.2, -0.15) is 5.10 Å². The van der Waals surface area contributed by atoms with Gasteiger partial charge in [-0.05, 0) is 36.9 Å². The van der Waals surface area contributed by atoms with Crippen LogP contribution in [0.3, 0.4) is 0 Å². The van der Waals surface area contributed by atoms with Crippen LogP contribution in [-0.4, -0.2) is 25.8 Å². The van der Waals surface area contributed by atoms with Gasteiger partial charge in [0.2, 0.25) is 0 Å². The standard InChI is InChI=1S/C14H13N3O2S/c1-8-3-4-20-12(8)7-17-13-11(6-15-17)10(14(18)19)5-9(2)16-13/h3-6H,7H2,1-2H3,(H,18,19). The second-order valence-corrected chi connectivity index (χ2v) is 5.68. The number of aromatic nitrogens is 3. The fraction of sp³-hybridized carbons (Fsp3) is 0.214. The first kappa shape index (κ1) is 12.8. The van der Waals surface area contributed by atoms with Gasteiger partial charge in [0.25, 0.3) is 0 Å². The Morgan fingerprint density at radius 3 is 2.90 bits per heavy atom. The molecule has 0 amide bonds. The van der Waals surface area contributed by atoms with E-state index in [1.54, 1.807) is 35.2 Å². The number of pyridine rings is 1. The number of carboxylic acid groups (broad SMARTS) is 1. The van der Waals surface area contributed by atoms with Gasteiger partial charge in [-0.1, -0.05) is 0 Å². The molecular weight excluding hydrogens is 274 g/mol. The Bertz CT molecular complexity index is 804. The molecule has 0 atom stereocenters. The molecule has 3 aromatic rings. The van der Waals surface area contributed by atoms with Crippen LogP contribution >= 0.6 is 11.3 Å². The molecule has 0 aliphatic heterocycles. The molecule has 0 saturated carbocycles. The molecule has 0 aliphatic carbocycles. The molecule has 0 aliphatic rings. The molecule has 6 heteroatoms. The smallest absolute Gasteiger partial charge is 0.336 e. The summed E-state index contributed by atoms with van der Waals surface area (Å²) in [6, 6.07) is 3.64. The van der Waals surface area contributed by atoms with Gasteiger partial charge in [-0.25, -0.2) is 14.5 Å². The first-order chi connectivity index (χ1) is 9.56. The molecule has 0 saturated heterocycles. The number of hydrogen-bond acceptors (Lipinski definition) is 4. The van der Waals surface area contributed by atoms with Gasteiger partial charge in [0.1, 0.15) is 0 Å². The van der Waals surface area contributed by atoms with Gasteiger partial charge in [0.15, 0.2) is 5.65 Å². The average molecular weight is 287 g/mol. The monoisotopic (exact) mass is 287 g/mol. The molecule has 3 heterocycles. The van der Waals surface area contributed by atoms with Crippen molar-refractivity contribution in [2.45, 2.75) is 20.4 Å². The van der Waals surface area contributed by atoms with Crippen molar-refractivity contribution in [1.82, 2.24) is 14.8 Å². The van der Waals surface area contributed by atoms with Crippen LogP contribution in [0.4, 0.5) is 0 Å². The van der Waals surface area contributed by atoms with E-state index in [-0.39, 0.29) is 5.56 Å². The minimum absolute atomic E-state index is 0.252. The summed E-state index contributed by atoms with van der Waals surface area (Å²) in [5, 5.41) is 16.2. The third-order valence-electron chi connectivity index (χ3n) is 3.23. The zero-order chi connectivity index (χ0) is 14.3. The number of aryl methyl sites for hydroxylation is 2. The van der Waals surface area contributed by atoms with Crippen molar-refractivity contribution in [1.29, 1.82) is 0 Å². The second kappa shape index (κ2) is 4.72. The number of carbonyl (C=O) groups is 1. The van der Waals surface area contributed by atoms with Crippen LogP contribution in [0.1, 0.15) is 26.5 Å². The van der Waals surface area contributed by atoms with E-state index in [0.29, 0.717) is 23.3 Å². The van der Waals surface area contributed by atoms with Crippen molar-refractivity contribution in [2.24, 2.45) is 0 Å². The van der Waals surface area contributed by atoms with E-state index in [0.717, 1.165) is 0 Å². The van der Waals surface area contributed by atoms with Crippen LogP contribution < -0.4 is 0 Å². The van der Waals surface area contributed by atoms with Crippen molar-refractivity contribution in [3.05, 3.63) is 45.4 Å². The topological polar surface area (TPSA) is 68.0 Å². The molecule has 0 spiro atoms. The van der Waals surface area contributed by atoms with Crippen LogP contribution in [0.2, 0.25) is 0 Å². The Morgan fingerprint density at radius 2 is 2.25 bits per heavy atom. The highest BCUT2D eigenvalue weighted by atomic mass is 32.1. The largest absolute Gasteiger partial charge is 0.478 e. The number of thiophene rings is 1. The summed E-state index contributed by atoms with van der Waals surface area (Å²) in [4.78, 5) is 16.9. The van der Waals surface area contributed by atoms with Crippen molar-refractivity contribution in [2.75, 3.05) is 0 Å². The Balaban J connectivity index is 2.14. The Kier molecular flexibility index (Phi) is 3.02. The molecule has 3 rings (SSSR count). The first-order valence-electron chi connectivity index (χ1n) is 6.15. The zero-order valence-electron chi connectivity index (χ0n) is 11.1. The molecule has 3 aromatic heterocycles. The SMILES string of the molecule is Cc1cc(C(=O)O)c2cnn(Cc3sccc3C)c2n1. The number of fused-ring (bicyclic) bond motifs is 1. The molecule has 0 aromatic carbocycles. The summed E-state index contributed by atoms with van der Waals surface area (Å²) in [5.74, 6) is -0.952. The van der Waals surface area contributed by atoms with E-state index in [1.807, 2.05) is 5.38 Å². The van der Waals surface area contributed by atoms with Crippen LogP contribution in [0, 0.1) is 13.8 Å². The van der Waals surface area contributed by atoms with E-state index in [9.17, 15) is 9.90 Å². The Hall–Kier alpha value is -2.21. The van der Waals surface area contributed by atoms with Crippen LogP contribution in [-0.2, 0) is 6.54 Å². The average Bonchev–Trinajstić information content (AvgIpc) is 2.97. The molecule has 0 unspecified atom stereocenters. The van der Waals surface area contributed by atoms with E-state index >= 15 is 0 Å². The quantitative estimate of drug-likeness (QED) is 0.804. The third-order valence-corrected chi connectivity index (χ3v) is 4.24. The van der Waals surface area contributed by atoms with E-state index < -0.39 is 5.97 Å². The predicted molar refractivity (Wildman–Crippen MR) is 77.4 cm³/mol. The van der Waals surface area contributed by atoms with Crippen molar-refractivity contribution < 1.29 is 9.90 Å². The molecular formula is C14H13N3O2S. The normalized spacial score (nSPS) is 11.1. The maximum absolute atomic E-state index is 11.3. The molecule has 102 valence electrons. The Morgan fingerprint density at radius 1 is 1.45 bits per heavy atom. The predicted octanol–water partition coefficient (Wildman–Crippen LogP) is 2.86. The van der Waals surface area contributed by atoms with Gasteiger partial charge in [-0.3, -0.25) is 0 Å². The lowest BCUT2D eigenvalue weighted by molar-refractivity contribution is 0.0699. The fourth-order valence-electron chi connectivity index (χ4n) is 2.17. The van der Waals surface area contributed by atoms with Gasteiger partial charge in [0, 0.05) is 10.6 Å². The third kappa shape index (κ3) is 2.08. The summed E-state index contributed by atoms with van der Waals surface area (Å²) in [6.07, 6.45) is 1.58. The lowest BCUT2D eigenvalue weighted by Crippen LogP contribution is -2.04. The highest BCUT2D eigenvalue weighted by molar-refractivity contribution is 7.10. The maximum atomic E-state index is 11.3. The van der Waals surface area contributed by atoms with Gasteiger partial charge in [-0.15, -0.1) is 11.3 Å². The highest BCUT2D eigenvalue weighted by Gasteiger charge is 2.15. The van der Waals surface area contributed by atoms with Gasteiger partial charge < -0.3 is 5.11 Å². The van der Waals surface area contributed by atoms with Crippen LogP contribution in [0.5, 0.6) is 0 Å². The molecule has 0 radical (unpaired) electrons. The molecule has 0 bridgehead atoms. The second-order valence-electron chi connectivity index (χ2n) is 4.68. The number of aromatic carboxylic acids is 1. The van der Waals surface area contributed by atoms with Gasteiger partial charge >= 0.3 is 5.97 Å². The van der Waals surface area contributed by atoms with Crippen molar-refractivity contribution >= 4 is 28.3 Å². The summed E-state index contributed by atoms with van der Waals surface area (Å²) >= 11 is 1.67. The number of nitrogens with zero attached hydrogens (tertiary/aromatic N) is 3. The molecule has 1 N–H and O–H groups in total. The summed E-state index contributed by atoms with van der Waals surface area (Å²) in [6.45, 7) is 4.46. The van der Waals surface area contributed by atoms with E-state index in [4.69, 9.17) is 0 Å². The summed E-state index contributed by atoms with van der Waals surface area (Å²) in [7, 11) is 0. The fourth-order valence-corrected chi connectivity index (χ4v) is 3.05. The number of rotatable bonds is 3. The zero-order valence-corrected chi connectivity index (χ0v) is 11.9. The minimum atomic E-state index is -0.952. The maximum Gasteiger partial charge on any atom is 0.336 e. The van der Waals surface area contributed by atoms with E-state index in [1.165, 1.54) is 10.4 Å². The van der Waals surface area contributed by atoms with Crippen LogP contribution in [0.25, 0.3) is 11.0 Å². The van der Waals surface area contributed by atoms with Crippen molar-refractivity contribution in [3.63, 3.8) is 0 Å².